The number of hydrogen-bond acceptors (Lipinski definition) is 2. The number of ether oxygens (including phenoxy) is 1. The largest absolute Gasteiger partial charge is 0.426 e. The Morgan fingerprint density at radius 1 is 1.18 bits per heavy atom. The molecule has 0 saturated carbocycles. The van der Waals surface area contributed by atoms with Gasteiger partial charge in [0.05, 0.1) is 6.42 Å². The Balaban J connectivity index is 0.000000686. The molecule has 94 valence electrons. The maximum atomic E-state index is 11.2. The molecule has 1 aliphatic rings. The first-order valence-corrected chi connectivity index (χ1v) is 6.22. The zero-order valence-corrected chi connectivity index (χ0v) is 11.7. The van der Waals surface area contributed by atoms with Crippen LogP contribution >= 0.6 is 0 Å². The molecule has 0 N–H and O–H groups in total. The second kappa shape index (κ2) is 4.91. The van der Waals surface area contributed by atoms with E-state index in [0.717, 1.165) is 16.9 Å². The summed E-state index contributed by atoms with van der Waals surface area (Å²) in [6.07, 6.45) is 0.417. The van der Waals surface area contributed by atoms with E-state index in [1.54, 1.807) is 0 Å². The van der Waals surface area contributed by atoms with E-state index in [2.05, 4.69) is 32.9 Å². The minimum atomic E-state index is -0.140. The molecule has 0 fully saturated rings. The molecule has 0 unspecified atom stereocenters. The van der Waals surface area contributed by atoms with Gasteiger partial charge in [-0.05, 0) is 23.5 Å². The summed E-state index contributed by atoms with van der Waals surface area (Å²) < 4.78 is 5.17. The topological polar surface area (TPSA) is 26.3 Å². The second-order valence-electron chi connectivity index (χ2n) is 5.18. The van der Waals surface area contributed by atoms with E-state index < -0.39 is 0 Å². The first-order chi connectivity index (χ1) is 7.88. The van der Waals surface area contributed by atoms with E-state index in [1.807, 2.05) is 20.8 Å². The Labute approximate surface area is 104 Å². The first kappa shape index (κ1) is 13.8. The molecule has 1 aliphatic heterocycles. The third-order valence-corrected chi connectivity index (χ3v) is 2.77. The molecule has 17 heavy (non-hydrogen) atoms. The monoisotopic (exact) mass is 234 g/mol. The summed E-state index contributed by atoms with van der Waals surface area (Å²) in [5, 5.41) is 0. The highest BCUT2D eigenvalue weighted by Crippen LogP contribution is 2.34. The lowest BCUT2D eigenvalue weighted by molar-refractivity contribution is -0.131. The van der Waals surface area contributed by atoms with Crippen LogP contribution in [0.15, 0.2) is 12.1 Å². The van der Waals surface area contributed by atoms with Gasteiger partial charge in [0.2, 0.25) is 0 Å². The van der Waals surface area contributed by atoms with Crippen molar-refractivity contribution in [2.75, 3.05) is 0 Å². The first-order valence-electron chi connectivity index (χ1n) is 6.22. The molecule has 0 spiro atoms. The lowest BCUT2D eigenvalue weighted by atomic mass is 9.85. The zero-order chi connectivity index (χ0) is 13.2. The van der Waals surface area contributed by atoms with Crippen LogP contribution in [0.1, 0.15) is 51.3 Å². The number of aryl methyl sites for hydroxylation is 1. The number of benzene rings is 1. The SMILES string of the molecule is CC.Cc1cc(C(C)(C)C)cc2c1OC(=O)C2. The fraction of sp³-hybridized carbons (Fsp3) is 0.533. The molecule has 0 radical (unpaired) electrons. The van der Waals surface area contributed by atoms with Gasteiger partial charge in [-0.2, -0.15) is 0 Å². The molecule has 2 rings (SSSR count). The van der Waals surface area contributed by atoms with E-state index in [1.165, 1.54) is 5.56 Å². The molecule has 0 atom stereocenters. The van der Waals surface area contributed by atoms with Crippen LogP contribution < -0.4 is 4.74 Å². The number of hydrogen-bond donors (Lipinski definition) is 0. The van der Waals surface area contributed by atoms with Crippen LogP contribution in [-0.2, 0) is 16.6 Å². The average molecular weight is 234 g/mol. The summed E-state index contributed by atoms with van der Waals surface area (Å²) in [7, 11) is 0. The molecule has 0 aromatic heterocycles. The zero-order valence-electron chi connectivity index (χ0n) is 11.7. The van der Waals surface area contributed by atoms with Crippen molar-refractivity contribution in [1.82, 2.24) is 0 Å². The average Bonchev–Trinajstić information content (AvgIpc) is 2.61. The van der Waals surface area contributed by atoms with Crippen LogP contribution in [0.5, 0.6) is 5.75 Å². The maximum absolute atomic E-state index is 11.2. The van der Waals surface area contributed by atoms with Crippen LogP contribution in [0.2, 0.25) is 0 Å². The van der Waals surface area contributed by atoms with Crippen LogP contribution in [0.25, 0.3) is 0 Å². The Morgan fingerprint density at radius 2 is 1.76 bits per heavy atom. The molecule has 0 aliphatic carbocycles. The van der Waals surface area contributed by atoms with Crippen LogP contribution in [0.4, 0.5) is 0 Å². The van der Waals surface area contributed by atoms with Gasteiger partial charge in [0.15, 0.2) is 0 Å². The number of carbonyl (C=O) groups is 1. The van der Waals surface area contributed by atoms with Crippen molar-refractivity contribution in [2.45, 2.75) is 53.4 Å². The molecular weight excluding hydrogens is 212 g/mol. The van der Waals surface area contributed by atoms with E-state index in [0.29, 0.717) is 6.42 Å². The van der Waals surface area contributed by atoms with E-state index in [4.69, 9.17) is 4.74 Å². The molecule has 2 nitrogen and oxygen atoms in total. The standard InChI is InChI=1S/C13H16O2.C2H6/c1-8-5-10(13(2,3)4)6-9-7-11(14)15-12(8)9;1-2/h5-6H,7H2,1-4H3;1-2H3. The molecule has 0 bridgehead atoms. The number of carbonyl (C=O) groups excluding carboxylic acids is 1. The van der Waals surface area contributed by atoms with Crippen molar-refractivity contribution < 1.29 is 9.53 Å². The molecule has 1 aromatic carbocycles. The summed E-state index contributed by atoms with van der Waals surface area (Å²) >= 11 is 0. The van der Waals surface area contributed by atoms with Crippen molar-refractivity contribution in [1.29, 1.82) is 0 Å². The highest BCUT2D eigenvalue weighted by Gasteiger charge is 2.25. The summed E-state index contributed by atoms with van der Waals surface area (Å²) in [6, 6.07) is 4.20. The summed E-state index contributed by atoms with van der Waals surface area (Å²) in [5.74, 6) is 0.632. The molecule has 1 aromatic rings. The summed E-state index contributed by atoms with van der Waals surface area (Å²) in [6.45, 7) is 12.5. The van der Waals surface area contributed by atoms with Crippen molar-refractivity contribution in [3.63, 3.8) is 0 Å². The van der Waals surface area contributed by atoms with E-state index in [9.17, 15) is 4.79 Å². The van der Waals surface area contributed by atoms with Crippen molar-refractivity contribution in [3.05, 3.63) is 28.8 Å². The van der Waals surface area contributed by atoms with E-state index >= 15 is 0 Å². The van der Waals surface area contributed by atoms with Gasteiger partial charge in [-0.3, -0.25) is 4.79 Å². The highest BCUT2D eigenvalue weighted by atomic mass is 16.5. The summed E-state index contributed by atoms with van der Waals surface area (Å²) in [5.41, 5.74) is 3.47. The number of esters is 1. The van der Waals surface area contributed by atoms with Crippen LogP contribution in [-0.4, -0.2) is 5.97 Å². The highest BCUT2D eigenvalue weighted by molar-refractivity contribution is 5.82. The van der Waals surface area contributed by atoms with Gasteiger partial charge in [-0.1, -0.05) is 46.8 Å². The third-order valence-electron chi connectivity index (χ3n) is 2.77. The predicted octanol–water partition coefficient (Wildman–Crippen LogP) is 3.78. The fourth-order valence-corrected chi connectivity index (χ4v) is 1.86. The Kier molecular flexibility index (Phi) is 3.97. The quantitative estimate of drug-likeness (QED) is 0.504. The number of fused-ring (bicyclic) bond motifs is 1. The summed E-state index contributed by atoms with van der Waals surface area (Å²) in [4.78, 5) is 11.2. The number of rotatable bonds is 0. The van der Waals surface area contributed by atoms with Gasteiger partial charge < -0.3 is 4.74 Å². The minimum Gasteiger partial charge on any atom is -0.426 e. The third kappa shape index (κ3) is 2.87. The Morgan fingerprint density at radius 3 is 2.29 bits per heavy atom. The van der Waals surface area contributed by atoms with Gasteiger partial charge in [-0.15, -0.1) is 0 Å². The van der Waals surface area contributed by atoms with Crippen molar-refractivity contribution in [3.8, 4) is 5.75 Å². The van der Waals surface area contributed by atoms with Crippen LogP contribution in [0, 0.1) is 6.92 Å². The van der Waals surface area contributed by atoms with Gasteiger partial charge in [0.1, 0.15) is 5.75 Å². The lowest BCUT2D eigenvalue weighted by Crippen LogP contribution is -2.11. The van der Waals surface area contributed by atoms with Crippen molar-refractivity contribution in [2.24, 2.45) is 0 Å². The molecular formula is C15H22O2. The van der Waals surface area contributed by atoms with Gasteiger partial charge >= 0.3 is 5.97 Å². The molecule has 2 heteroatoms. The molecule has 1 heterocycles. The predicted molar refractivity (Wildman–Crippen MR) is 70.6 cm³/mol. The fourth-order valence-electron chi connectivity index (χ4n) is 1.86. The Hall–Kier alpha value is -1.31. The van der Waals surface area contributed by atoms with Crippen LogP contribution in [0.3, 0.4) is 0 Å². The molecule has 0 amide bonds. The van der Waals surface area contributed by atoms with Gasteiger partial charge in [0.25, 0.3) is 0 Å². The second-order valence-corrected chi connectivity index (χ2v) is 5.18. The van der Waals surface area contributed by atoms with Gasteiger partial charge in [-0.25, -0.2) is 0 Å². The minimum absolute atomic E-state index is 0.116. The Bertz CT molecular complexity index is 425. The molecule has 0 saturated heterocycles. The lowest BCUT2D eigenvalue weighted by Gasteiger charge is -2.20. The van der Waals surface area contributed by atoms with Crippen molar-refractivity contribution >= 4 is 5.97 Å². The smallest absolute Gasteiger partial charge is 0.315 e. The normalized spacial score (nSPS) is 13.6. The van der Waals surface area contributed by atoms with Gasteiger partial charge in [0, 0.05) is 5.56 Å². The maximum Gasteiger partial charge on any atom is 0.315 e. The van der Waals surface area contributed by atoms with E-state index in [-0.39, 0.29) is 11.4 Å².